The first kappa shape index (κ1) is 35.1. The zero-order valence-corrected chi connectivity index (χ0v) is 25.8. The summed E-state index contributed by atoms with van der Waals surface area (Å²) >= 11 is 0. The molecule has 3 rings (SSSR count). The smallest absolute Gasteiger partial charge is 0.311 e. The molecule has 0 aromatic rings. The van der Waals surface area contributed by atoms with Crippen LogP contribution in [0.3, 0.4) is 0 Å². The monoisotopic (exact) mass is 604 g/mol. The summed E-state index contributed by atoms with van der Waals surface area (Å²) in [6.07, 6.45) is 2.15. The Labute approximate surface area is 250 Å². The molecule has 244 valence electrons. The first-order valence-corrected chi connectivity index (χ1v) is 15.4. The molecule has 8 atom stereocenters. The lowest BCUT2D eigenvalue weighted by atomic mass is 9.76. The molecule has 0 radical (unpaired) electrons. The summed E-state index contributed by atoms with van der Waals surface area (Å²) in [5, 5.41) is 0. The van der Waals surface area contributed by atoms with Crippen LogP contribution in [-0.4, -0.2) is 118 Å². The van der Waals surface area contributed by atoms with E-state index in [4.69, 9.17) is 47.4 Å². The van der Waals surface area contributed by atoms with E-state index in [9.17, 15) is 9.59 Å². The quantitative estimate of drug-likeness (QED) is 0.0913. The van der Waals surface area contributed by atoms with Gasteiger partial charge in [-0.25, -0.2) is 0 Å². The third-order valence-corrected chi connectivity index (χ3v) is 8.44. The van der Waals surface area contributed by atoms with Crippen LogP contribution in [0.15, 0.2) is 0 Å². The number of esters is 2. The number of carbonyl (C=O) groups excluding carboxylic acids is 2. The molecule has 42 heavy (non-hydrogen) atoms. The normalized spacial score (nSPS) is 27.6. The van der Waals surface area contributed by atoms with Crippen LogP contribution in [0, 0.1) is 35.5 Å². The van der Waals surface area contributed by atoms with Gasteiger partial charge < -0.3 is 47.4 Å². The van der Waals surface area contributed by atoms with E-state index >= 15 is 0 Å². The Morgan fingerprint density at radius 2 is 1.00 bits per heavy atom. The van der Waals surface area contributed by atoms with E-state index in [1.165, 1.54) is 0 Å². The molecule has 0 amide bonds. The molecule has 0 aliphatic heterocycles. The molecule has 3 aliphatic carbocycles. The molecule has 0 N–H and O–H groups in total. The molecule has 3 aliphatic rings. The lowest BCUT2D eigenvalue weighted by Gasteiger charge is -2.30. The molecule has 2 bridgehead atoms. The van der Waals surface area contributed by atoms with E-state index in [-0.39, 0.29) is 29.7 Å². The second-order valence-electron chi connectivity index (χ2n) is 11.2. The van der Waals surface area contributed by atoms with Gasteiger partial charge in [-0.1, -0.05) is 0 Å². The van der Waals surface area contributed by atoms with Crippen LogP contribution >= 0.6 is 0 Å². The number of methoxy groups -OCH3 is 2. The van der Waals surface area contributed by atoms with Crippen molar-refractivity contribution in [2.75, 3.05) is 93.5 Å². The van der Waals surface area contributed by atoms with Crippen molar-refractivity contribution in [2.45, 2.75) is 52.1 Å². The average Bonchev–Trinajstić information content (AvgIpc) is 3.68. The minimum absolute atomic E-state index is 0.134. The second-order valence-corrected chi connectivity index (χ2v) is 11.2. The highest BCUT2D eigenvalue weighted by Crippen LogP contribution is 2.62. The van der Waals surface area contributed by atoms with E-state index in [1.54, 1.807) is 28.1 Å². The van der Waals surface area contributed by atoms with Crippen molar-refractivity contribution in [3.63, 3.8) is 0 Å². The molecule has 3 saturated carbocycles. The fourth-order valence-corrected chi connectivity index (χ4v) is 6.59. The number of hydrogen-bond donors (Lipinski definition) is 0. The molecular weight excluding hydrogens is 552 g/mol. The predicted octanol–water partition coefficient (Wildman–Crippen LogP) is 2.46. The number of fused-ring (bicyclic) bond motifs is 5. The maximum atomic E-state index is 13.0. The van der Waals surface area contributed by atoms with E-state index in [2.05, 4.69) is 0 Å². The summed E-state index contributed by atoms with van der Waals surface area (Å²) in [5.41, 5.74) is 0. The lowest BCUT2D eigenvalue weighted by Crippen LogP contribution is -2.33. The van der Waals surface area contributed by atoms with Crippen molar-refractivity contribution >= 4 is 11.9 Å². The SMILES string of the molecule is COCCOCCOCCOC(C)OC(=O)C1CC2C3CC(C(=O)OC(C)OCCOCCOCCOC)C(C3)C2C1. The minimum atomic E-state index is -0.639. The molecule has 8 unspecified atom stereocenters. The predicted molar refractivity (Wildman–Crippen MR) is 149 cm³/mol. The van der Waals surface area contributed by atoms with Crippen molar-refractivity contribution < 1.29 is 57.0 Å². The van der Waals surface area contributed by atoms with Gasteiger partial charge in [-0.2, -0.15) is 0 Å². The summed E-state index contributed by atoms with van der Waals surface area (Å²) in [7, 11) is 3.26. The van der Waals surface area contributed by atoms with Crippen molar-refractivity contribution in [3.05, 3.63) is 0 Å². The highest BCUT2D eigenvalue weighted by atomic mass is 16.7. The Kier molecular flexibility index (Phi) is 16.6. The Morgan fingerprint density at radius 1 is 0.548 bits per heavy atom. The third-order valence-electron chi connectivity index (χ3n) is 8.44. The van der Waals surface area contributed by atoms with E-state index < -0.39 is 12.6 Å². The lowest BCUT2D eigenvalue weighted by molar-refractivity contribution is -0.184. The second kappa shape index (κ2) is 19.8. The van der Waals surface area contributed by atoms with Gasteiger partial charge in [0.25, 0.3) is 0 Å². The summed E-state index contributed by atoms with van der Waals surface area (Å²) in [6, 6.07) is 0. The van der Waals surface area contributed by atoms with Crippen LogP contribution in [-0.2, 0) is 57.0 Å². The van der Waals surface area contributed by atoms with E-state index in [1.807, 2.05) is 0 Å². The van der Waals surface area contributed by atoms with Gasteiger partial charge in [-0.3, -0.25) is 9.59 Å². The minimum Gasteiger partial charge on any atom is -0.436 e. The molecule has 0 aromatic heterocycles. The zero-order valence-electron chi connectivity index (χ0n) is 25.8. The summed E-state index contributed by atoms with van der Waals surface area (Å²) in [6.45, 7) is 9.03. The Morgan fingerprint density at radius 3 is 1.52 bits per heavy atom. The molecular formula is C30H52O12. The van der Waals surface area contributed by atoms with Gasteiger partial charge in [0.05, 0.1) is 91.1 Å². The van der Waals surface area contributed by atoms with Gasteiger partial charge in [0.2, 0.25) is 0 Å². The first-order chi connectivity index (χ1) is 20.4. The van der Waals surface area contributed by atoms with Crippen LogP contribution in [0.2, 0.25) is 0 Å². The molecule has 12 heteroatoms. The largest absolute Gasteiger partial charge is 0.436 e. The van der Waals surface area contributed by atoms with Crippen LogP contribution in [0.1, 0.15) is 39.5 Å². The number of rotatable bonds is 24. The molecule has 0 aromatic carbocycles. The van der Waals surface area contributed by atoms with Gasteiger partial charge in [-0.15, -0.1) is 0 Å². The average molecular weight is 605 g/mol. The standard InChI is InChI=1S/C30H52O12/c1-21(39-15-13-37-11-9-35-7-5-33-3)41-29(31)24-19-25-23-17-27(26(25)20-24)28(18-23)30(32)42-22(2)40-16-14-38-12-10-36-8-6-34-4/h21-28H,5-20H2,1-4H3. The third kappa shape index (κ3) is 11.6. The van der Waals surface area contributed by atoms with E-state index in [0.29, 0.717) is 97.0 Å². The van der Waals surface area contributed by atoms with Crippen LogP contribution in [0.5, 0.6) is 0 Å². The van der Waals surface area contributed by atoms with Crippen molar-refractivity contribution in [1.29, 1.82) is 0 Å². The number of hydrogen-bond acceptors (Lipinski definition) is 12. The summed E-state index contributed by atoms with van der Waals surface area (Å²) in [4.78, 5) is 25.9. The Bertz CT molecular complexity index is 767. The van der Waals surface area contributed by atoms with E-state index in [0.717, 1.165) is 25.7 Å². The number of carbonyl (C=O) groups is 2. The fourth-order valence-electron chi connectivity index (χ4n) is 6.59. The Balaban J connectivity index is 1.26. The first-order valence-electron chi connectivity index (χ1n) is 15.4. The van der Waals surface area contributed by atoms with Gasteiger partial charge in [0.1, 0.15) is 0 Å². The Hall–Kier alpha value is -1.38. The topological polar surface area (TPSA) is 126 Å². The zero-order chi connectivity index (χ0) is 30.2. The van der Waals surface area contributed by atoms with Gasteiger partial charge >= 0.3 is 11.9 Å². The van der Waals surface area contributed by atoms with Crippen molar-refractivity contribution in [2.24, 2.45) is 35.5 Å². The van der Waals surface area contributed by atoms with Crippen molar-refractivity contribution in [1.82, 2.24) is 0 Å². The van der Waals surface area contributed by atoms with Crippen LogP contribution in [0.25, 0.3) is 0 Å². The molecule has 0 heterocycles. The molecule has 12 nitrogen and oxygen atoms in total. The van der Waals surface area contributed by atoms with Gasteiger partial charge in [0.15, 0.2) is 12.6 Å². The van der Waals surface area contributed by atoms with Crippen molar-refractivity contribution in [3.8, 4) is 0 Å². The highest BCUT2D eigenvalue weighted by molar-refractivity contribution is 5.75. The number of ether oxygens (including phenoxy) is 10. The maximum absolute atomic E-state index is 13.0. The molecule has 3 fully saturated rings. The fraction of sp³-hybridized carbons (Fsp3) is 0.933. The summed E-state index contributed by atoms with van der Waals surface area (Å²) in [5.74, 6) is 0.830. The summed E-state index contributed by atoms with van der Waals surface area (Å²) < 4.78 is 53.9. The highest BCUT2D eigenvalue weighted by Gasteiger charge is 2.59. The van der Waals surface area contributed by atoms with Gasteiger partial charge in [0, 0.05) is 14.2 Å². The van der Waals surface area contributed by atoms with Gasteiger partial charge in [-0.05, 0) is 63.2 Å². The van der Waals surface area contributed by atoms with Crippen LogP contribution < -0.4 is 0 Å². The molecule has 0 saturated heterocycles. The van der Waals surface area contributed by atoms with Crippen LogP contribution in [0.4, 0.5) is 0 Å². The maximum Gasteiger partial charge on any atom is 0.311 e. The molecule has 0 spiro atoms.